The van der Waals surface area contributed by atoms with Crippen LogP contribution in [-0.2, 0) is 9.84 Å². The smallest absolute Gasteiger partial charge is 0.175 e. The lowest BCUT2D eigenvalue weighted by Gasteiger charge is -2.08. The van der Waals surface area contributed by atoms with Gasteiger partial charge >= 0.3 is 0 Å². The Balaban J connectivity index is 2.58. The van der Waals surface area contributed by atoms with Crippen LogP contribution in [0, 0.1) is 6.92 Å². The largest absolute Gasteiger partial charge is 0.224 e. The zero-order valence-corrected chi connectivity index (χ0v) is 11.7. The molecule has 0 saturated heterocycles. The van der Waals surface area contributed by atoms with Crippen molar-refractivity contribution in [3.05, 3.63) is 53.1 Å². The van der Waals surface area contributed by atoms with Crippen molar-refractivity contribution in [1.29, 1.82) is 0 Å². The maximum absolute atomic E-state index is 11.5. The van der Waals surface area contributed by atoms with Crippen molar-refractivity contribution in [2.45, 2.75) is 11.8 Å². The molecule has 18 heavy (non-hydrogen) atoms. The molecule has 2 nitrogen and oxygen atoms in total. The van der Waals surface area contributed by atoms with E-state index in [2.05, 4.69) is 0 Å². The maximum Gasteiger partial charge on any atom is 0.175 e. The van der Waals surface area contributed by atoms with Gasteiger partial charge in [-0.2, -0.15) is 0 Å². The Labute approximate surface area is 112 Å². The second-order valence-corrected chi connectivity index (χ2v) is 6.71. The lowest BCUT2D eigenvalue weighted by Crippen LogP contribution is -1.97. The molecule has 0 fully saturated rings. The van der Waals surface area contributed by atoms with E-state index in [0.717, 1.165) is 16.7 Å². The molecular weight excluding hydrogens is 268 g/mol. The highest BCUT2D eigenvalue weighted by Gasteiger charge is 2.09. The van der Waals surface area contributed by atoms with Crippen LogP contribution in [0.2, 0.25) is 5.02 Å². The van der Waals surface area contributed by atoms with E-state index in [1.165, 1.54) is 6.26 Å². The Bertz CT molecular complexity index is 691. The molecule has 4 heteroatoms. The lowest BCUT2D eigenvalue weighted by atomic mass is 10.0. The van der Waals surface area contributed by atoms with E-state index in [9.17, 15) is 8.42 Å². The van der Waals surface area contributed by atoms with Crippen LogP contribution in [0.4, 0.5) is 0 Å². The molecule has 0 atom stereocenters. The topological polar surface area (TPSA) is 34.1 Å². The molecule has 94 valence electrons. The molecule has 2 aromatic carbocycles. The summed E-state index contributed by atoms with van der Waals surface area (Å²) >= 11 is 5.91. The summed E-state index contributed by atoms with van der Waals surface area (Å²) in [6.45, 7) is 1.95. The summed E-state index contributed by atoms with van der Waals surface area (Å²) < 4.78 is 23.1. The minimum atomic E-state index is -3.18. The first-order chi connectivity index (χ1) is 8.38. The van der Waals surface area contributed by atoms with E-state index in [0.29, 0.717) is 9.92 Å². The van der Waals surface area contributed by atoms with E-state index in [1.807, 2.05) is 25.1 Å². The molecule has 0 amide bonds. The average molecular weight is 281 g/mol. The highest BCUT2D eigenvalue weighted by Crippen LogP contribution is 2.27. The molecule has 0 unspecified atom stereocenters. The third kappa shape index (κ3) is 2.74. The third-order valence-corrected chi connectivity index (χ3v) is 4.11. The first kappa shape index (κ1) is 13.1. The minimum Gasteiger partial charge on any atom is -0.224 e. The van der Waals surface area contributed by atoms with Gasteiger partial charge in [0.15, 0.2) is 9.84 Å². The SMILES string of the molecule is Cc1cc(Cl)ccc1-c1cccc(S(C)(=O)=O)c1. The first-order valence-corrected chi connectivity index (χ1v) is 7.71. The second kappa shape index (κ2) is 4.75. The molecule has 0 spiro atoms. The Morgan fingerprint density at radius 3 is 2.39 bits per heavy atom. The molecule has 0 N–H and O–H groups in total. The quantitative estimate of drug-likeness (QED) is 0.840. The minimum absolute atomic E-state index is 0.328. The molecule has 0 bridgehead atoms. The first-order valence-electron chi connectivity index (χ1n) is 5.44. The fraction of sp³-hybridized carbons (Fsp3) is 0.143. The summed E-state index contributed by atoms with van der Waals surface area (Å²) in [7, 11) is -3.18. The highest BCUT2D eigenvalue weighted by molar-refractivity contribution is 7.90. The Morgan fingerprint density at radius 2 is 1.78 bits per heavy atom. The standard InChI is InChI=1S/C14H13ClO2S/c1-10-8-12(15)6-7-14(10)11-4-3-5-13(9-11)18(2,16)17/h3-9H,1-2H3. The monoisotopic (exact) mass is 280 g/mol. The van der Waals surface area contributed by atoms with Gasteiger partial charge in [-0.1, -0.05) is 29.8 Å². The fourth-order valence-electron chi connectivity index (χ4n) is 1.85. The summed E-state index contributed by atoms with van der Waals surface area (Å²) in [5.41, 5.74) is 2.89. The van der Waals surface area contributed by atoms with Gasteiger partial charge in [-0.05, 0) is 47.9 Å². The van der Waals surface area contributed by atoms with Crippen LogP contribution in [0.3, 0.4) is 0 Å². The van der Waals surface area contributed by atoms with Crippen LogP contribution in [-0.4, -0.2) is 14.7 Å². The van der Waals surface area contributed by atoms with Crippen molar-refractivity contribution in [1.82, 2.24) is 0 Å². The highest BCUT2D eigenvalue weighted by atomic mass is 35.5. The molecule has 0 aliphatic heterocycles. The van der Waals surface area contributed by atoms with Gasteiger partial charge in [-0.15, -0.1) is 0 Å². The summed E-state index contributed by atoms with van der Waals surface area (Å²) in [5.74, 6) is 0. The summed E-state index contributed by atoms with van der Waals surface area (Å²) in [4.78, 5) is 0.328. The van der Waals surface area contributed by atoms with Gasteiger partial charge < -0.3 is 0 Å². The van der Waals surface area contributed by atoms with Crippen LogP contribution < -0.4 is 0 Å². The van der Waals surface area contributed by atoms with Crippen LogP contribution >= 0.6 is 11.6 Å². The lowest BCUT2D eigenvalue weighted by molar-refractivity contribution is 0.602. The molecule has 2 aromatic rings. The van der Waals surface area contributed by atoms with E-state index in [-0.39, 0.29) is 0 Å². The normalized spacial score (nSPS) is 11.5. The number of rotatable bonds is 2. The average Bonchev–Trinajstić information content (AvgIpc) is 2.28. The van der Waals surface area contributed by atoms with Gasteiger partial charge in [0, 0.05) is 11.3 Å². The van der Waals surface area contributed by atoms with Crippen molar-refractivity contribution in [2.24, 2.45) is 0 Å². The van der Waals surface area contributed by atoms with Crippen LogP contribution in [0.5, 0.6) is 0 Å². The zero-order valence-electron chi connectivity index (χ0n) is 10.1. The third-order valence-electron chi connectivity index (χ3n) is 2.76. The van der Waals surface area contributed by atoms with Crippen LogP contribution in [0.25, 0.3) is 11.1 Å². The number of halogens is 1. The molecule has 0 aliphatic carbocycles. The van der Waals surface area contributed by atoms with E-state index < -0.39 is 9.84 Å². The second-order valence-electron chi connectivity index (χ2n) is 4.26. The predicted molar refractivity (Wildman–Crippen MR) is 74.7 cm³/mol. The molecule has 0 saturated carbocycles. The zero-order chi connectivity index (χ0) is 13.3. The number of aryl methyl sites for hydroxylation is 1. The summed E-state index contributed by atoms with van der Waals surface area (Å²) in [6.07, 6.45) is 1.21. The number of hydrogen-bond donors (Lipinski definition) is 0. The van der Waals surface area contributed by atoms with Crippen LogP contribution in [0.15, 0.2) is 47.4 Å². The van der Waals surface area contributed by atoms with E-state index >= 15 is 0 Å². The number of sulfone groups is 1. The molecule has 0 radical (unpaired) electrons. The Kier molecular flexibility index (Phi) is 3.46. The molecule has 0 heterocycles. The summed E-state index contributed by atoms with van der Waals surface area (Å²) in [5, 5.41) is 0.676. The van der Waals surface area contributed by atoms with Crippen molar-refractivity contribution in [3.8, 4) is 11.1 Å². The van der Waals surface area contributed by atoms with Gasteiger partial charge in [0.05, 0.1) is 4.90 Å². The van der Waals surface area contributed by atoms with Gasteiger partial charge in [-0.25, -0.2) is 8.42 Å². The van der Waals surface area contributed by atoms with Gasteiger partial charge in [-0.3, -0.25) is 0 Å². The van der Waals surface area contributed by atoms with Gasteiger partial charge in [0.2, 0.25) is 0 Å². The van der Waals surface area contributed by atoms with Gasteiger partial charge in [0.1, 0.15) is 0 Å². The van der Waals surface area contributed by atoms with Gasteiger partial charge in [0.25, 0.3) is 0 Å². The molecular formula is C14H13ClO2S. The van der Waals surface area contributed by atoms with Crippen molar-refractivity contribution in [2.75, 3.05) is 6.26 Å². The Hall–Kier alpha value is -1.32. The molecule has 0 aliphatic rings. The van der Waals surface area contributed by atoms with Crippen molar-refractivity contribution in [3.63, 3.8) is 0 Å². The maximum atomic E-state index is 11.5. The summed E-state index contributed by atoms with van der Waals surface area (Å²) in [6, 6.07) is 12.5. The molecule has 2 rings (SSSR count). The number of hydrogen-bond acceptors (Lipinski definition) is 2. The van der Waals surface area contributed by atoms with E-state index in [4.69, 9.17) is 11.6 Å². The molecule has 0 aromatic heterocycles. The van der Waals surface area contributed by atoms with Crippen molar-refractivity contribution >= 4 is 21.4 Å². The van der Waals surface area contributed by atoms with E-state index in [1.54, 1.807) is 24.3 Å². The van der Waals surface area contributed by atoms with Crippen molar-refractivity contribution < 1.29 is 8.42 Å². The number of benzene rings is 2. The Morgan fingerprint density at radius 1 is 1.06 bits per heavy atom. The predicted octanol–water partition coefficient (Wildman–Crippen LogP) is 3.72. The fourth-order valence-corrected chi connectivity index (χ4v) is 2.74. The van der Waals surface area contributed by atoms with Crippen LogP contribution in [0.1, 0.15) is 5.56 Å².